The van der Waals surface area contributed by atoms with E-state index in [1.807, 2.05) is 42.5 Å². The van der Waals surface area contributed by atoms with Crippen molar-refractivity contribution in [3.63, 3.8) is 0 Å². The predicted octanol–water partition coefficient (Wildman–Crippen LogP) is 4.18. The van der Waals surface area contributed by atoms with Gasteiger partial charge in [-0.2, -0.15) is 5.10 Å². The molecule has 0 fully saturated rings. The Morgan fingerprint density at radius 1 is 1.17 bits per heavy atom. The molecule has 8 heteroatoms. The number of hydrogen-bond acceptors (Lipinski definition) is 4. The van der Waals surface area contributed by atoms with Gasteiger partial charge in [0.15, 0.2) is 5.69 Å². The van der Waals surface area contributed by atoms with Gasteiger partial charge in [-0.3, -0.25) is 14.3 Å². The summed E-state index contributed by atoms with van der Waals surface area (Å²) in [6.07, 6.45) is 0. The molecular weight excluding hydrogens is 413 g/mol. The van der Waals surface area contributed by atoms with Crippen LogP contribution in [0.25, 0.3) is 22.0 Å². The average molecular weight is 434 g/mol. The molecule has 0 aliphatic rings. The van der Waals surface area contributed by atoms with E-state index in [2.05, 4.69) is 10.4 Å². The van der Waals surface area contributed by atoms with Crippen LogP contribution < -0.4 is 5.32 Å². The Hall–Kier alpha value is -2.57. The number of benzene rings is 2. The number of fused-ring (bicyclic) bond motifs is 1. The number of aromatic nitrogens is 2. The highest BCUT2D eigenvalue weighted by Gasteiger charge is 2.26. The van der Waals surface area contributed by atoms with E-state index in [1.54, 1.807) is 25.6 Å². The molecule has 0 radical (unpaired) electrons. The first-order valence-electron chi connectivity index (χ1n) is 8.97. The highest BCUT2D eigenvalue weighted by molar-refractivity contribution is 6.30. The zero-order valence-corrected chi connectivity index (χ0v) is 17.8. The van der Waals surface area contributed by atoms with Gasteiger partial charge < -0.3 is 10.1 Å². The molecule has 1 aromatic heterocycles. The highest BCUT2D eigenvalue weighted by Crippen LogP contribution is 2.28. The Bertz CT molecular complexity index is 1080. The minimum Gasteiger partial charge on any atom is -0.462 e. The molecule has 2 aromatic carbocycles. The number of halogens is 2. The second-order valence-corrected chi connectivity index (χ2v) is 8.05. The molecule has 3 rings (SSSR count). The van der Waals surface area contributed by atoms with Crippen molar-refractivity contribution in [2.45, 2.75) is 19.4 Å². The standard InChI is InChI=1S/C21H21Cl2N3O3/c1-21(2,12-29-18(27)11-22)24-20(28)19-16-8-7-14(10-17(16)26(3)25-19)13-5-4-6-15(23)9-13/h4-10H,11-12H2,1-3H3,(H,24,28). The van der Waals surface area contributed by atoms with Crippen LogP contribution in [0.3, 0.4) is 0 Å². The summed E-state index contributed by atoms with van der Waals surface area (Å²) < 4.78 is 6.70. The molecule has 29 heavy (non-hydrogen) atoms. The van der Waals surface area contributed by atoms with Crippen LogP contribution in [-0.4, -0.2) is 39.7 Å². The van der Waals surface area contributed by atoms with Crippen LogP contribution in [0.15, 0.2) is 42.5 Å². The second-order valence-electron chi connectivity index (χ2n) is 7.35. The zero-order chi connectivity index (χ0) is 21.2. The van der Waals surface area contributed by atoms with E-state index < -0.39 is 11.5 Å². The molecule has 0 aliphatic heterocycles. The maximum Gasteiger partial charge on any atom is 0.320 e. The topological polar surface area (TPSA) is 73.2 Å². The molecule has 0 saturated carbocycles. The summed E-state index contributed by atoms with van der Waals surface area (Å²) in [5.74, 6) is -1.12. The molecule has 1 heterocycles. The maximum atomic E-state index is 12.8. The van der Waals surface area contributed by atoms with E-state index in [0.29, 0.717) is 10.7 Å². The molecule has 0 saturated heterocycles. The third kappa shape index (κ3) is 4.89. The number of amides is 1. The Morgan fingerprint density at radius 2 is 1.90 bits per heavy atom. The average Bonchev–Trinajstić information content (AvgIpc) is 3.02. The Balaban J connectivity index is 1.87. The van der Waals surface area contributed by atoms with Crippen LogP contribution in [0, 0.1) is 0 Å². The van der Waals surface area contributed by atoms with E-state index in [0.717, 1.165) is 22.0 Å². The van der Waals surface area contributed by atoms with E-state index in [9.17, 15) is 9.59 Å². The van der Waals surface area contributed by atoms with Gasteiger partial charge in [0.1, 0.15) is 12.5 Å². The normalized spacial score (nSPS) is 11.5. The van der Waals surface area contributed by atoms with Gasteiger partial charge in [-0.15, -0.1) is 11.6 Å². The largest absolute Gasteiger partial charge is 0.462 e. The number of carbonyl (C=O) groups excluding carboxylic acids is 2. The van der Waals surface area contributed by atoms with Gasteiger partial charge in [0.25, 0.3) is 5.91 Å². The third-order valence-electron chi connectivity index (χ3n) is 4.38. The van der Waals surface area contributed by atoms with Crippen molar-refractivity contribution in [3.8, 4) is 11.1 Å². The molecule has 0 atom stereocenters. The van der Waals surface area contributed by atoms with Crippen LogP contribution >= 0.6 is 23.2 Å². The van der Waals surface area contributed by atoms with Gasteiger partial charge in [0, 0.05) is 17.5 Å². The van der Waals surface area contributed by atoms with Crippen molar-refractivity contribution >= 4 is 46.0 Å². The summed E-state index contributed by atoms with van der Waals surface area (Å²) >= 11 is 11.5. The van der Waals surface area contributed by atoms with Crippen molar-refractivity contribution in [2.24, 2.45) is 7.05 Å². The minimum absolute atomic E-state index is 0.00791. The molecule has 0 aliphatic carbocycles. The maximum absolute atomic E-state index is 12.8. The number of nitrogens with zero attached hydrogens (tertiary/aromatic N) is 2. The van der Waals surface area contributed by atoms with Crippen LogP contribution in [0.2, 0.25) is 5.02 Å². The number of esters is 1. The number of carbonyl (C=O) groups is 2. The quantitative estimate of drug-likeness (QED) is 0.467. The van der Waals surface area contributed by atoms with Gasteiger partial charge in [-0.1, -0.05) is 29.8 Å². The van der Waals surface area contributed by atoms with Crippen molar-refractivity contribution in [1.29, 1.82) is 0 Å². The lowest BCUT2D eigenvalue weighted by Gasteiger charge is -2.25. The van der Waals surface area contributed by atoms with E-state index in [-0.39, 0.29) is 18.4 Å². The number of nitrogens with one attached hydrogen (secondary N) is 1. The van der Waals surface area contributed by atoms with Crippen LogP contribution in [0.4, 0.5) is 0 Å². The van der Waals surface area contributed by atoms with E-state index in [1.165, 1.54) is 0 Å². The lowest BCUT2D eigenvalue weighted by molar-refractivity contribution is -0.142. The molecule has 0 spiro atoms. The van der Waals surface area contributed by atoms with Crippen molar-refractivity contribution in [2.75, 3.05) is 12.5 Å². The smallest absolute Gasteiger partial charge is 0.320 e. The predicted molar refractivity (Wildman–Crippen MR) is 114 cm³/mol. The van der Waals surface area contributed by atoms with Crippen LogP contribution in [0.5, 0.6) is 0 Å². The van der Waals surface area contributed by atoms with Crippen molar-refractivity contribution in [3.05, 3.63) is 53.2 Å². The molecule has 0 bridgehead atoms. The monoisotopic (exact) mass is 433 g/mol. The highest BCUT2D eigenvalue weighted by atomic mass is 35.5. The second kappa shape index (κ2) is 8.43. The van der Waals surface area contributed by atoms with Crippen molar-refractivity contribution < 1.29 is 14.3 Å². The molecule has 6 nitrogen and oxygen atoms in total. The molecule has 1 N–H and O–H groups in total. The van der Waals surface area contributed by atoms with Gasteiger partial charge >= 0.3 is 5.97 Å². The molecular formula is C21H21Cl2N3O3. The fourth-order valence-corrected chi connectivity index (χ4v) is 3.24. The Kier molecular flexibility index (Phi) is 6.15. The molecule has 152 valence electrons. The number of alkyl halides is 1. The van der Waals surface area contributed by atoms with Gasteiger partial charge in [0.2, 0.25) is 0 Å². The third-order valence-corrected chi connectivity index (χ3v) is 4.83. The number of ether oxygens (including phenoxy) is 1. The Labute approximate surface area is 178 Å². The first-order valence-corrected chi connectivity index (χ1v) is 9.88. The van der Waals surface area contributed by atoms with Crippen LogP contribution in [-0.2, 0) is 16.6 Å². The lowest BCUT2D eigenvalue weighted by Crippen LogP contribution is -2.47. The summed E-state index contributed by atoms with van der Waals surface area (Å²) in [7, 11) is 1.79. The van der Waals surface area contributed by atoms with E-state index >= 15 is 0 Å². The fourth-order valence-electron chi connectivity index (χ4n) is 2.97. The molecule has 3 aromatic rings. The fraction of sp³-hybridized carbons (Fsp3) is 0.286. The number of hydrogen-bond donors (Lipinski definition) is 1. The van der Waals surface area contributed by atoms with Gasteiger partial charge in [0.05, 0.1) is 11.1 Å². The summed E-state index contributed by atoms with van der Waals surface area (Å²) in [6.45, 7) is 3.53. The summed E-state index contributed by atoms with van der Waals surface area (Å²) in [4.78, 5) is 24.1. The van der Waals surface area contributed by atoms with Crippen molar-refractivity contribution in [1.82, 2.24) is 15.1 Å². The summed E-state index contributed by atoms with van der Waals surface area (Å²) in [6, 6.07) is 13.3. The SMILES string of the molecule is Cn1nc(C(=O)NC(C)(C)COC(=O)CCl)c2ccc(-c3cccc(Cl)c3)cc21. The molecule has 1 amide bonds. The lowest BCUT2D eigenvalue weighted by atomic mass is 10.0. The zero-order valence-electron chi connectivity index (χ0n) is 16.3. The number of aryl methyl sites for hydroxylation is 1. The van der Waals surface area contributed by atoms with E-state index in [4.69, 9.17) is 27.9 Å². The van der Waals surface area contributed by atoms with Gasteiger partial charge in [-0.05, 0) is 49.2 Å². The van der Waals surface area contributed by atoms with Crippen LogP contribution in [0.1, 0.15) is 24.3 Å². The number of rotatable bonds is 6. The summed E-state index contributed by atoms with van der Waals surface area (Å²) in [5.41, 5.74) is 2.30. The summed E-state index contributed by atoms with van der Waals surface area (Å²) in [5, 5.41) is 8.63. The first-order chi connectivity index (χ1) is 13.7. The first kappa shape index (κ1) is 21.1. The molecule has 0 unspecified atom stereocenters. The minimum atomic E-state index is -0.774. The Morgan fingerprint density at radius 3 is 2.59 bits per heavy atom. The van der Waals surface area contributed by atoms with Gasteiger partial charge in [-0.25, -0.2) is 0 Å².